The predicted molar refractivity (Wildman–Crippen MR) is 126 cm³/mol. The first kappa shape index (κ1) is 32.8. The molecule has 0 saturated carbocycles. The van der Waals surface area contributed by atoms with E-state index < -0.39 is 90.4 Å². The maximum absolute atomic E-state index is 13.2. The Morgan fingerprint density at radius 3 is 2.00 bits per heavy atom. The molecule has 0 bridgehead atoms. The second-order valence-electron chi connectivity index (χ2n) is 9.13. The standard InChI is InChI=1S/C24H37NO13/c1-9-23(7,32)24(22(31)33-8)10-17(35-14(4)28)19(25-12(2)26)21(38-24)20(37-16(6)30)18(36-15(5)29)11-34-13(3)27/h17-21,32H,9-11H2,1-8H3,(H,25,26)/t17-,18+,19+,20+,21+,23?,24+/m0/s1. The van der Waals surface area contributed by atoms with Crippen molar-refractivity contribution in [3.63, 3.8) is 0 Å². The van der Waals surface area contributed by atoms with E-state index >= 15 is 0 Å². The van der Waals surface area contributed by atoms with Crippen LogP contribution in [-0.2, 0) is 57.2 Å². The van der Waals surface area contributed by atoms with Gasteiger partial charge in [0.15, 0.2) is 17.8 Å². The molecule has 1 fully saturated rings. The summed E-state index contributed by atoms with van der Waals surface area (Å²) in [5.74, 6) is -4.93. The van der Waals surface area contributed by atoms with Crippen molar-refractivity contribution < 1.29 is 62.3 Å². The number of hydrogen-bond donors (Lipinski definition) is 2. The third-order valence-electron chi connectivity index (χ3n) is 6.10. The summed E-state index contributed by atoms with van der Waals surface area (Å²) in [4.78, 5) is 73.1. The summed E-state index contributed by atoms with van der Waals surface area (Å²) in [7, 11) is 1.06. The van der Waals surface area contributed by atoms with Gasteiger partial charge in [0.25, 0.3) is 0 Å². The number of amides is 1. The minimum absolute atomic E-state index is 0.0501. The van der Waals surface area contributed by atoms with Gasteiger partial charge in [0.1, 0.15) is 24.4 Å². The summed E-state index contributed by atoms with van der Waals surface area (Å²) in [6.45, 7) is 7.71. The first-order valence-corrected chi connectivity index (χ1v) is 11.9. The quantitative estimate of drug-likeness (QED) is 0.254. The minimum atomic E-state index is -2.21. The van der Waals surface area contributed by atoms with Gasteiger partial charge >= 0.3 is 29.8 Å². The van der Waals surface area contributed by atoms with Crippen molar-refractivity contribution in [2.24, 2.45) is 0 Å². The first-order valence-electron chi connectivity index (χ1n) is 11.9. The number of aliphatic hydroxyl groups is 1. The highest BCUT2D eigenvalue weighted by atomic mass is 16.6. The normalized spacial score (nSPS) is 26.0. The summed E-state index contributed by atoms with van der Waals surface area (Å²) >= 11 is 0. The van der Waals surface area contributed by atoms with Gasteiger partial charge < -0.3 is 38.8 Å². The van der Waals surface area contributed by atoms with Crippen LogP contribution in [0.3, 0.4) is 0 Å². The third kappa shape index (κ3) is 8.12. The number of ether oxygens (including phenoxy) is 6. The SMILES string of the molecule is CCC(C)(O)[C@]1(C(=O)OC)C[C@H](OC(C)=O)[C@@H](NC(C)=O)[C@H]([C@H](OC(C)=O)[C@@H](COC(C)=O)OC(C)=O)O1. The van der Waals surface area contributed by atoms with E-state index in [1.54, 1.807) is 6.92 Å². The molecule has 0 aromatic carbocycles. The number of hydrogen-bond acceptors (Lipinski definition) is 13. The summed E-state index contributed by atoms with van der Waals surface area (Å²) in [5, 5.41) is 13.9. The zero-order valence-corrected chi connectivity index (χ0v) is 22.9. The van der Waals surface area contributed by atoms with Crippen LogP contribution in [0.4, 0.5) is 0 Å². The molecule has 1 unspecified atom stereocenters. The molecule has 1 amide bonds. The monoisotopic (exact) mass is 547 g/mol. The van der Waals surface area contributed by atoms with Crippen molar-refractivity contribution in [2.75, 3.05) is 13.7 Å². The number of nitrogens with one attached hydrogen (secondary N) is 1. The molecule has 0 aromatic rings. The maximum Gasteiger partial charge on any atom is 0.341 e. The maximum atomic E-state index is 13.2. The molecule has 0 radical (unpaired) electrons. The number of methoxy groups -OCH3 is 1. The molecule has 0 aliphatic carbocycles. The van der Waals surface area contributed by atoms with E-state index in [9.17, 15) is 33.9 Å². The van der Waals surface area contributed by atoms with E-state index in [2.05, 4.69) is 5.32 Å². The van der Waals surface area contributed by atoms with E-state index in [0.717, 1.165) is 41.7 Å². The van der Waals surface area contributed by atoms with Crippen molar-refractivity contribution >= 4 is 35.8 Å². The average Bonchev–Trinajstić information content (AvgIpc) is 2.79. The van der Waals surface area contributed by atoms with Crippen LogP contribution < -0.4 is 5.32 Å². The lowest BCUT2D eigenvalue weighted by atomic mass is 9.73. The number of rotatable bonds is 11. The largest absolute Gasteiger partial charge is 0.467 e. The molecule has 38 heavy (non-hydrogen) atoms. The summed E-state index contributed by atoms with van der Waals surface area (Å²) in [6.07, 6.45) is -6.57. The fraction of sp³-hybridized carbons (Fsp3) is 0.750. The molecule has 2 N–H and O–H groups in total. The number of esters is 5. The lowest BCUT2D eigenvalue weighted by Crippen LogP contribution is -2.73. The van der Waals surface area contributed by atoms with Crippen LogP contribution in [0.15, 0.2) is 0 Å². The summed E-state index contributed by atoms with van der Waals surface area (Å²) in [5.41, 5.74) is -4.15. The Balaban J connectivity index is 3.94. The van der Waals surface area contributed by atoms with Gasteiger partial charge in [-0.2, -0.15) is 0 Å². The van der Waals surface area contributed by atoms with Gasteiger partial charge in [-0.1, -0.05) is 6.92 Å². The highest BCUT2D eigenvalue weighted by Crippen LogP contribution is 2.43. The second-order valence-corrected chi connectivity index (χ2v) is 9.13. The zero-order valence-electron chi connectivity index (χ0n) is 22.9. The van der Waals surface area contributed by atoms with Crippen LogP contribution in [0.1, 0.15) is 61.3 Å². The molecule has 1 rings (SSSR count). The lowest BCUT2D eigenvalue weighted by Gasteiger charge is -2.53. The van der Waals surface area contributed by atoms with Gasteiger partial charge in [0.2, 0.25) is 5.91 Å². The van der Waals surface area contributed by atoms with Crippen LogP contribution >= 0.6 is 0 Å². The molecular formula is C24H37NO13. The van der Waals surface area contributed by atoms with Crippen LogP contribution in [0.5, 0.6) is 0 Å². The number of carbonyl (C=O) groups is 6. The van der Waals surface area contributed by atoms with Gasteiger partial charge in [-0.25, -0.2) is 4.79 Å². The Morgan fingerprint density at radius 1 is 1.00 bits per heavy atom. The second kappa shape index (κ2) is 13.5. The molecule has 14 heteroatoms. The van der Waals surface area contributed by atoms with E-state index in [0.29, 0.717) is 0 Å². The molecule has 216 valence electrons. The predicted octanol–water partition coefficient (Wildman–Crippen LogP) is -0.289. The molecule has 0 aromatic heterocycles. The summed E-state index contributed by atoms with van der Waals surface area (Å²) < 4.78 is 32.3. The Morgan fingerprint density at radius 2 is 1.58 bits per heavy atom. The Hall–Kier alpha value is -3.26. The van der Waals surface area contributed by atoms with Gasteiger partial charge in [0, 0.05) is 41.0 Å². The average molecular weight is 548 g/mol. The van der Waals surface area contributed by atoms with Gasteiger partial charge in [0.05, 0.1) is 13.2 Å². The van der Waals surface area contributed by atoms with Crippen molar-refractivity contribution in [3.8, 4) is 0 Å². The topological polar surface area (TPSA) is 190 Å². The van der Waals surface area contributed by atoms with E-state index in [-0.39, 0.29) is 6.42 Å². The summed E-state index contributed by atoms with van der Waals surface area (Å²) in [6, 6.07) is -1.29. The van der Waals surface area contributed by atoms with Gasteiger partial charge in [-0.3, -0.25) is 24.0 Å². The van der Waals surface area contributed by atoms with Crippen LogP contribution in [0.2, 0.25) is 0 Å². The molecule has 1 saturated heterocycles. The molecule has 1 aliphatic rings. The third-order valence-corrected chi connectivity index (χ3v) is 6.10. The molecule has 1 heterocycles. The van der Waals surface area contributed by atoms with Gasteiger partial charge in [-0.05, 0) is 13.3 Å². The smallest absolute Gasteiger partial charge is 0.341 e. The van der Waals surface area contributed by atoms with Gasteiger partial charge in [-0.15, -0.1) is 0 Å². The molecule has 0 spiro atoms. The van der Waals surface area contributed by atoms with E-state index in [1.165, 1.54) is 6.92 Å². The van der Waals surface area contributed by atoms with Crippen molar-refractivity contribution in [1.29, 1.82) is 0 Å². The lowest BCUT2D eigenvalue weighted by molar-refractivity contribution is -0.278. The van der Waals surface area contributed by atoms with E-state index in [4.69, 9.17) is 28.4 Å². The van der Waals surface area contributed by atoms with Crippen molar-refractivity contribution in [3.05, 3.63) is 0 Å². The van der Waals surface area contributed by atoms with Crippen LogP contribution in [0, 0.1) is 0 Å². The molecular weight excluding hydrogens is 510 g/mol. The minimum Gasteiger partial charge on any atom is -0.467 e. The fourth-order valence-electron chi connectivity index (χ4n) is 4.29. The van der Waals surface area contributed by atoms with Crippen molar-refractivity contribution in [2.45, 2.75) is 103 Å². The fourth-order valence-corrected chi connectivity index (χ4v) is 4.29. The van der Waals surface area contributed by atoms with E-state index in [1.807, 2.05) is 0 Å². The number of carbonyl (C=O) groups excluding carboxylic acids is 6. The highest BCUT2D eigenvalue weighted by molar-refractivity contribution is 5.82. The Bertz CT molecular complexity index is 917. The zero-order chi connectivity index (χ0) is 29.4. The molecule has 1 aliphatic heterocycles. The van der Waals surface area contributed by atoms with Crippen molar-refractivity contribution in [1.82, 2.24) is 5.32 Å². The Kier molecular flexibility index (Phi) is 11.7. The molecule has 14 nitrogen and oxygen atoms in total. The molecule has 7 atom stereocenters. The first-order chi connectivity index (χ1) is 17.5. The highest BCUT2D eigenvalue weighted by Gasteiger charge is 2.64. The van der Waals surface area contributed by atoms with Crippen LogP contribution in [0.25, 0.3) is 0 Å². The Labute approximate surface area is 220 Å². The van der Waals surface area contributed by atoms with Crippen LogP contribution in [-0.4, -0.2) is 96.2 Å².